The molecule has 4 rings (SSSR count). The summed E-state index contributed by atoms with van der Waals surface area (Å²) < 4.78 is 28.6. The van der Waals surface area contributed by atoms with Crippen molar-refractivity contribution in [3.8, 4) is 0 Å². The van der Waals surface area contributed by atoms with Crippen molar-refractivity contribution in [2.75, 3.05) is 22.8 Å². The average Bonchev–Trinajstić information content (AvgIpc) is 2.64. The van der Waals surface area contributed by atoms with E-state index in [1.807, 2.05) is 32.9 Å². The summed E-state index contributed by atoms with van der Waals surface area (Å²) in [6.07, 6.45) is 2.07. The Labute approximate surface area is 167 Å². The standard InChI is InChI=1S/C22H26N2O3S/c1-15-7-9-19-16(12-15)6-5-11-24(19)28(26,27)17-8-10-20-18(13-17)22(2,3)14-21(25)23(20)4/h7-10,12-13H,5-6,11,14H2,1-4H3. The Bertz CT molecular complexity index is 1070. The quantitative estimate of drug-likeness (QED) is 0.774. The van der Waals surface area contributed by atoms with Gasteiger partial charge in [-0.05, 0) is 55.2 Å². The summed E-state index contributed by atoms with van der Waals surface area (Å²) in [5.74, 6) is 0.0495. The molecule has 2 heterocycles. The van der Waals surface area contributed by atoms with Gasteiger partial charge in [0, 0.05) is 31.1 Å². The predicted octanol–water partition coefficient (Wildman–Crippen LogP) is 3.78. The number of nitrogens with zero attached hydrogens (tertiary/aromatic N) is 2. The van der Waals surface area contributed by atoms with Gasteiger partial charge < -0.3 is 4.90 Å². The van der Waals surface area contributed by atoms with E-state index in [1.165, 1.54) is 4.31 Å². The molecule has 0 atom stereocenters. The molecule has 6 heteroatoms. The Kier molecular flexibility index (Phi) is 4.30. The highest BCUT2D eigenvalue weighted by atomic mass is 32.2. The van der Waals surface area contributed by atoms with Crippen LogP contribution in [0.2, 0.25) is 0 Å². The van der Waals surface area contributed by atoms with Gasteiger partial charge in [0.25, 0.3) is 10.0 Å². The zero-order valence-electron chi connectivity index (χ0n) is 16.8. The summed E-state index contributed by atoms with van der Waals surface area (Å²) in [7, 11) is -1.93. The molecule has 0 fully saturated rings. The van der Waals surface area contributed by atoms with E-state index >= 15 is 0 Å². The maximum absolute atomic E-state index is 13.5. The molecule has 0 bridgehead atoms. The van der Waals surface area contributed by atoms with Crippen LogP contribution in [0, 0.1) is 6.92 Å². The van der Waals surface area contributed by atoms with Crippen LogP contribution in [-0.4, -0.2) is 27.9 Å². The Hall–Kier alpha value is -2.34. The molecule has 2 aliphatic heterocycles. The van der Waals surface area contributed by atoms with E-state index in [9.17, 15) is 13.2 Å². The van der Waals surface area contributed by atoms with Crippen molar-refractivity contribution in [1.29, 1.82) is 0 Å². The van der Waals surface area contributed by atoms with Crippen LogP contribution in [-0.2, 0) is 26.7 Å². The summed E-state index contributed by atoms with van der Waals surface area (Å²) in [6, 6.07) is 11.1. The lowest BCUT2D eigenvalue weighted by molar-refractivity contribution is -0.119. The number of carbonyl (C=O) groups is 1. The molecular weight excluding hydrogens is 372 g/mol. The fraction of sp³-hybridized carbons (Fsp3) is 0.409. The second kappa shape index (κ2) is 6.34. The number of amides is 1. The summed E-state index contributed by atoms with van der Waals surface area (Å²) in [6.45, 7) is 6.49. The topological polar surface area (TPSA) is 57.7 Å². The molecule has 0 aliphatic carbocycles. The van der Waals surface area contributed by atoms with E-state index in [0.29, 0.717) is 13.0 Å². The Morgan fingerprint density at radius 1 is 1.04 bits per heavy atom. The molecule has 0 aromatic heterocycles. The van der Waals surface area contributed by atoms with Gasteiger partial charge in [-0.25, -0.2) is 8.42 Å². The van der Waals surface area contributed by atoms with Crippen molar-refractivity contribution in [2.24, 2.45) is 0 Å². The highest BCUT2D eigenvalue weighted by Crippen LogP contribution is 2.41. The fourth-order valence-corrected chi connectivity index (χ4v) is 5.87. The van der Waals surface area contributed by atoms with Gasteiger partial charge >= 0.3 is 0 Å². The van der Waals surface area contributed by atoms with Crippen LogP contribution >= 0.6 is 0 Å². The maximum Gasteiger partial charge on any atom is 0.264 e. The summed E-state index contributed by atoms with van der Waals surface area (Å²) >= 11 is 0. The van der Waals surface area contributed by atoms with E-state index < -0.39 is 15.4 Å². The number of hydrogen-bond donors (Lipinski definition) is 0. The first-order valence-electron chi connectivity index (χ1n) is 9.65. The minimum atomic E-state index is -3.67. The largest absolute Gasteiger partial charge is 0.315 e. The lowest BCUT2D eigenvalue weighted by Gasteiger charge is -2.37. The molecule has 2 aromatic carbocycles. The summed E-state index contributed by atoms with van der Waals surface area (Å²) in [4.78, 5) is 14.2. The van der Waals surface area contributed by atoms with Crippen LogP contribution in [0.1, 0.15) is 43.4 Å². The number of fused-ring (bicyclic) bond motifs is 2. The monoisotopic (exact) mass is 398 g/mol. The van der Waals surface area contributed by atoms with Gasteiger partial charge in [0.15, 0.2) is 0 Å². The number of benzene rings is 2. The molecule has 0 saturated carbocycles. The molecule has 0 spiro atoms. The highest BCUT2D eigenvalue weighted by Gasteiger charge is 2.37. The number of carbonyl (C=O) groups excluding carboxylic acids is 1. The van der Waals surface area contributed by atoms with Gasteiger partial charge in [-0.15, -0.1) is 0 Å². The van der Waals surface area contributed by atoms with Gasteiger partial charge in [0.2, 0.25) is 5.91 Å². The molecule has 28 heavy (non-hydrogen) atoms. The molecule has 0 N–H and O–H groups in total. The lowest BCUT2D eigenvalue weighted by Crippen LogP contribution is -2.40. The van der Waals surface area contributed by atoms with Crippen LogP contribution in [0.4, 0.5) is 11.4 Å². The van der Waals surface area contributed by atoms with Gasteiger partial charge in [0.05, 0.1) is 10.6 Å². The van der Waals surface area contributed by atoms with Crippen LogP contribution in [0.25, 0.3) is 0 Å². The molecule has 2 aliphatic rings. The first-order valence-corrected chi connectivity index (χ1v) is 11.1. The van der Waals surface area contributed by atoms with E-state index in [0.717, 1.165) is 40.9 Å². The zero-order valence-corrected chi connectivity index (χ0v) is 17.6. The Morgan fingerprint density at radius 2 is 1.75 bits per heavy atom. The number of anilines is 2. The zero-order chi connectivity index (χ0) is 20.3. The van der Waals surface area contributed by atoms with Crippen molar-refractivity contribution in [1.82, 2.24) is 0 Å². The Morgan fingerprint density at radius 3 is 2.50 bits per heavy atom. The van der Waals surface area contributed by atoms with Crippen LogP contribution in [0.5, 0.6) is 0 Å². The average molecular weight is 399 g/mol. The minimum absolute atomic E-state index is 0.0495. The first-order chi connectivity index (χ1) is 13.1. The van der Waals surface area contributed by atoms with E-state index in [2.05, 4.69) is 6.07 Å². The van der Waals surface area contributed by atoms with Gasteiger partial charge in [0.1, 0.15) is 0 Å². The number of sulfonamides is 1. The molecular formula is C22H26N2O3S. The second-order valence-electron chi connectivity index (χ2n) is 8.51. The number of aryl methyl sites for hydroxylation is 2. The van der Waals surface area contributed by atoms with Crippen molar-refractivity contribution in [2.45, 2.75) is 50.3 Å². The van der Waals surface area contributed by atoms with E-state index in [1.54, 1.807) is 30.1 Å². The molecule has 2 aromatic rings. The molecule has 0 saturated heterocycles. The number of rotatable bonds is 2. The smallest absolute Gasteiger partial charge is 0.264 e. The fourth-order valence-electron chi connectivity index (χ4n) is 4.30. The SMILES string of the molecule is Cc1ccc2c(c1)CCCN2S(=O)(=O)c1ccc2c(c1)C(C)(C)CC(=O)N2C. The molecule has 0 radical (unpaired) electrons. The molecule has 1 amide bonds. The summed E-state index contributed by atoms with van der Waals surface area (Å²) in [5, 5.41) is 0. The van der Waals surface area contributed by atoms with Crippen LogP contribution < -0.4 is 9.21 Å². The van der Waals surface area contributed by atoms with Crippen LogP contribution in [0.15, 0.2) is 41.3 Å². The third kappa shape index (κ3) is 2.91. The summed E-state index contributed by atoms with van der Waals surface area (Å²) in [5.41, 5.74) is 4.29. The van der Waals surface area contributed by atoms with Crippen LogP contribution in [0.3, 0.4) is 0 Å². The van der Waals surface area contributed by atoms with Gasteiger partial charge in [-0.3, -0.25) is 9.10 Å². The van der Waals surface area contributed by atoms with Crippen molar-refractivity contribution >= 4 is 27.3 Å². The lowest BCUT2D eigenvalue weighted by atomic mass is 9.77. The minimum Gasteiger partial charge on any atom is -0.315 e. The highest BCUT2D eigenvalue weighted by molar-refractivity contribution is 7.92. The molecule has 148 valence electrons. The van der Waals surface area contributed by atoms with Gasteiger partial charge in [-0.1, -0.05) is 31.5 Å². The van der Waals surface area contributed by atoms with Crippen molar-refractivity contribution < 1.29 is 13.2 Å². The molecule has 0 unspecified atom stereocenters. The maximum atomic E-state index is 13.5. The molecule has 5 nitrogen and oxygen atoms in total. The third-order valence-corrected chi connectivity index (χ3v) is 7.73. The normalized spacial score (nSPS) is 18.6. The van der Waals surface area contributed by atoms with Crippen molar-refractivity contribution in [3.05, 3.63) is 53.1 Å². The third-order valence-electron chi connectivity index (χ3n) is 5.92. The second-order valence-corrected chi connectivity index (χ2v) is 10.4. The predicted molar refractivity (Wildman–Crippen MR) is 112 cm³/mol. The Balaban J connectivity index is 1.82. The number of hydrogen-bond acceptors (Lipinski definition) is 3. The van der Waals surface area contributed by atoms with E-state index in [4.69, 9.17) is 0 Å². The van der Waals surface area contributed by atoms with Gasteiger partial charge in [-0.2, -0.15) is 0 Å². The first kappa shape index (κ1) is 19.0. The van der Waals surface area contributed by atoms with Crippen molar-refractivity contribution in [3.63, 3.8) is 0 Å². The van der Waals surface area contributed by atoms with E-state index in [-0.39, 0.29) is 10.8 Å².